The van der Waals surface area contributed by atoms with Crippen LogP contribution in [0.25, 0.3) is 0 Å². The van der Waals surface area contributed by atoms with E-state index in [1.54, 1.807) is 0 Å². The second kappa shape index (κ2) is 17.2. The Bertz CT molecular complexity index is 321. The van der Waals surface area contributed by atoms with Gasteiger partial charge in [0, 0.05) is 0 Å². The number of carbonyl (C=O) groups excluding carboxylic acids is 2. The molecule has 0 saturated carbocycles. The van der Waals surface area contributed by atoms with Gasteiger partial charge in [-0.05, 0) is 32.6 Å². The highest BCUT2D eigenvalue weighted by atomic mass is 16.5. The molecule has 0 aromatic rings. The summed E-state index contributed by atoms with van der Waals surface area (Å²) >= 11 is 0. The second-order valence-electron chi connectivity index (χ2n) is 6.33. The van der Waals surface area contributed by atoms with Crippen LogP contribution in [0.3, 0.4) is 0 Å². The van der Waals surface area contributed by atoms with Crippen LogP contribution in [0.5, 0.6) is 0 Å². The molecule has 0 rings (SSSR count). The van der Waals surface area contributed by atoms with Crippen molar-refractivity contribution in [1.29, 1.82) is 0 Å². The first kappa shape index (κ1) is 21.9. The maximum absolute atomic E-state index is 11.1. The van der Waals surface area contributed by atoms with Crippen molar-refractivity contribution in [3.63, 3.8) is 0 Å². The minimum atomic E-state index is -0.388. The van der Waals surface area contributed by atoms with Crippen LogP contribution in [-0.2, 0) is 14.3 Å². The van der Waals surface area contributed by atoms with E-state index in [9.17, 15) is 9.59 Å². The molecule has 0 atom stereocenters. The summed E-state index contributed by atoms with van der Waals surface area (Å²) in [4.78, 5) is 21.8. The van der Waals surface area contributed by atoms with Gasteiger partial charge in [0.1, 0.15) is 12.2 Å². The maximum atomic E-state index is 11.1. The Morgan fingerprint density at radius 2 is 1.30 bits per heavy atom. The van der Waals surface area contributed by atoms with Gasteiger partial charge in [0.15, 0.2) is 0 Å². The van der Waals surface area contributed by atoms with E-state index in [4.69, 9.17) is 4.74 Å². The molecule has 23 heavy (non-hydrogen) atoms. The lowest BCUT2D eigenvalue weighted by Crippen LogP contribution is -2.09. The van der Waals surface area contributed by atoms with Crippen molar-refractivity contribution in [2.45, 2.75) is 97.3 Å². The van der Waals surface area contributed by atoms with Crippen molar-refractivity contribution >= 4 is 11.8 Å². The number of rotatable bonds is 16. The summed E-state index contributed by atoms with van der Waals surface area (Å²) in [6, 6.07) is 0. The Kier molecular flexibility index (Phi) is 16.4. The summed E-state index contributed by atoms with van der Waals surface area (Å²) in [6.45, 7) is 4.09. The summed E-state index contributed by atoms with van der Waals surface area (Å²) in [5.74, 6) is -0.521. The molecular weight excluding hydrogens is 288 g/mol. The van der Waals surface area contributed by atoms with Gasteiger partial charge in [-0.15, -0.1) is 0 Å². The monoisotopic (exact) mass is 324 g/mol. The van der Waals surface area contributed by atoms with Crippen molar-refractivity contribution in [3.8, 4) is 0 Å². The van der Waals surface area contributed by atoms with Crippen molar-refractivity contribution in [3.05, 3.63) is 12.2 Å². The number of carbonyl (C=O) groups is 2. The van der Waals surface area contributed by atoms with Crippen LogP contribution >= 0.6 is 0 Å². The summed E-state index contributed by atoms with van der Waals surface area (Å²) in [7, 11) is 0. The highest BCUT2D eigenvalue weighted by Gasteiger charge is 2.05. The Labute approximate surface area is 142 Å². The van der Waals surface area contributed by atoms with Gasteiger partial charge in [-0.1, -0.05) is 70.4 Å². The van der Waals surface area contributed by atoms with E-state index in [0.29, 0.717) is 6.61 Å². The minimum absolute atomic E-state index is 0.0895. The summed E-state index contributed by atoms with van der Waals surface area (Å²) in [5, 5.41) is 0. The van der Waals surface area contributed by atoms with Crippen molar-refractivity contribution in [1.82, 2.24) is 0 Å². The Balaban J connectivity index is 3.15. The average Bonchev–Trinajstić information content (AvgIpc) is 2.50. The number of ether oxygens (including phenoxy) is 1. The van der Waals surface area contributed by atoms with Crippen molar-refractivity contribution in [2.75, 3.05) is 6.61 Å². The molecule has 0 radical (unpaired) electrons. The van der Waals surface area contributed by atoms with Gasteiger partial charge < -0.3 is 4.74 Å². The number of allylic oxidation sites excluding steroid dienone is 2. The van der Waals surface area contributed by atoms with Crippen LogP contribution in [-0.4, -0.2) is 18.4 Å². The third kappa shape index (κ3) is 18.8. The number of hydrogen-bond donors (Lipinski definition) is 0. The molecule has 0 aliphatic heterocycles. The van der Waals surface area contributed by atoms with Gasteiger partial charge in [-0.3, -0.25) is 9.59 Å². The Hall–Kier alpha value is -1.12. The number of ketones is 1. The lowest BCUT2D eigenvalue weighted by Gasteiger charge is -2.04. The molecule has 0 amide bonds. The largest absolute Gasteiger partial charge is 0.465 e. The fraction of sp³-hybridized carbons (Fsp3) is 0.800. The first-order valence-electron chi connectivity index (χ1n) is 9.47. The zero-order chi connectivity index (χ0) is 17.2. The first-order chi connectivity index (χ1) is 11.2. The molecule has 0 spiro atoms. The maximum Gasteiger partial charge on any atom is 0.313 e. The molecule has 0 aliphatic carbocycles. The average molecular weight is 325 g/mol. The summed E-state index contributed by atoms with van der Waals surface area (Å²) < 4.78 is 4.99. The topological polar surface area (TPSA) is 43.4 Å². The molecule has 0 N–H and O–H groups in total. The van der Waals surface area contributed by atoms with E-state index >= 15 is 0 Å². The van der Waals surface area contributed by atoms with E-state index in [-0.39, 0.29) is 18.2 Å². The summed E-state index contributed by atoms with van der Waals surface area (Å²) in [5.41, 5.74) is 0. The standard InChI is InChI=1S/C20H36O3/c1-3-4-5-6-7-8-9-10-11-12-13-14-15-16-17-23-20(22)18-19(2)21/h6-7H,3-5,8-18H2,1-2H3. The fourth-order valence-corrected chi connectivity index (χ4v) is 2.42. The molecule has 134 valence electrons. The minimum Gasteiger partial charge on any atom is -0.465 e. The predicted molar refractivity (Wildman–Crippen MR) is 96.5 cm³/mol. The van der Waals surface area contributed by atoms with Gasteiger partial charge >= 0.3 is 5.97 Å². The highest BCUT2D eigenvalue weighted by molar-refractivity contribution is 5.94. The molecule has 0 saturated heterocycles. The molecule has 0 aromatic carbocycles. The molecule has 3 heteroatoms. The number of esters is 1. The smallest absolute Gasteiger partial charge is 0.313 e. The number of Topliss-reactive ketones (excluding diaryl/α,β-unsaturated/α-hetero) is 1. The van der Waals surface area contributed by atoms with E-state index in [0.717, 1.165) is 12.8 Å². The molecule has 0 fully saturated rings. The highest BCUT2D eigenvalue weighted by Crippen LogP contribution is 2.10. The lowest BCUT2D eigenvalue weighted by molar-refractivity contribution is -0.145. The zero-order valence-electron chi connectivity index (χ0n) is 15.3. The third-order valence-corrected chi connectivity index (χ3v) is 3.81. The van der Waals surface area contributed by atoms with Crippen molar-refractivity contribution < 1.29 is 14.3 Å². The Morgan fingerprint density at radius 1 is 0.783 bits per heavy atom. The van der Waals surface area contributed by atoms with E-state index in [2.05, 4.69) is 19.1 Å². The summed E-state index contributed by atoms with van der Waals surface area (Å²) in [6.07, 6.45) is 19.4. The van der Waals surface area contributed by atoms with Crippen LogP contribution < -0.4 is 0 Å². The first-order valence-corrected chi connectivity index (χ1v) is 9.47. The van der Waals surface area contributed by atoms with E-state index in [1.807, 2.05) is 0 Å². The third-order valence-electron chi connectivity index (χ3n) is 3.81. The number of unbranched alkanes of at least 4 members (excludes halogenated alkanes) is 10. The number of hydrogen-bond acceptors (Lipinski definition) is 3. The molecule has 0 unspecified atom stereocenters. The SMILES string of the molecule is CCCCC=CCCCCCCCCCCOC(=O)CC(C)=O. The normalized spacial score (nSPS) is 11.0. The zero-order valence-corrected chi connectivity index (χ0v) is 15.3. The molecule has 3 nitrogen and oxygen atoms in total. The van der Waals surface area contributed by atoms with Gasteiger partial charge in [0.25, 0.3) is 0 Å². The Morgan fingerprint density at radius 3 is 1.87 bits per heavy atom. The lowest BCUT2D eigenvalue weighted by atomic mass is 10.1. The molecular formula is C20H36O3. The molecule has 0 heterocycles. The van der Waals surface area contributed by atoms with Crippen LogP contribution in [0.15, 0.2) is 12.2 Å². The van der Waals surface area contributed by atoms with Crippen LogP contribution in [0.4, 0.5) is 0 Å². The fourth-order valence-electron chi connectivity index (χ4n) is 2.42. The van der Waals surface area contributed by atoms with Gasteiger partial charge in [-0.25, -0.2) is 0 Å². The van der Waals surface area contributed by atoms with Crippen molar-refractivity contribution in [2.24, 2.45) is 0 Å². The van der Waals surface area contributed by atoms with Crippen LogP contribution in [0.1, 0.15) is 97.3 Å². The van der Waals surface area contributed by atoms with E-state index < -0.39 is 0 Å². The van der Waals surface area contributed by atoms with Gasteiger partial charge in [-0.2, -0.15) is 0 Å². The quantitative estimate of drug-likeness (QED) is 0.157. The predicted octanol–water partition coefficient (Wildman–Crippen LogP) is 5.77. The van der Waals surface area contributed by atoms with E-state index in [1.165, 1.54) is 71.1 Å². The van der Waals surface area contributed by atoms with Crippen LogP contribution in [0.2, 0.25) is 0 Å². The molecule has 0 aromatic heterocycles. The van der Waals surface area contributed by atoms with Gasteiger partial charge in [0.2, 0.25) is 0 Å². The van der Waals surface area contributed by atoms with Gasteiger partial charge in [0.05, 0.1) is 6.61 Å². The van der Waals surface area contributed by atoms with Crippen LogP contribution in [0, 0.1) is 0 Å². The molecule has 0 bridgehead atoms. The molecule has 0 aliphatic rings. The second-order valence-corrected chi connectivity index (χ2v) is 6.33.